The lowest BCUT2D eigenvalue weighted by Gasteiger charge is -2.11. The van der Waals surface area contributed by atoms with Crippen LogP contribution in [0, 0.1) is 11.8 Å². The topological polar surface area (TPSA) is 83.1 Å². The Labute approximate surface area is 142 Å². The molecule has 6 nitrogen and oxygen atoms in total. The minimum atomic E-state index is -0.116. The van der Waals surface area contributed by atoms with Crippen molar-refractivity contribution in [2.75, 3.05) is 24.2 Å². The molecule has 124 valence electrons. The maximum absolute atomic E-state index is 11.8. The fraction of sp³-hybridized carbons (Fsp3) is 0.500. The van der Waals surface area contributed by atoms with Crippen LogP contribution in [0.3, 0.4) is 0 Å². The van der Waals surface area contributed by atoms with Gasteiger partial charge in [0.05, 0.1) is 11.9 Å². The highest BCUT2D eigenvalue weighted by Gasteiger charge is 2.29. The predicted molar refractivity (Wildman–Crippen MR) is 91.8 cm³/mol. The van der Waals surface area contributed by atoms with Crippen LogP contribution in [0.15, 0.2) is 18.3 Å². The van der Waals surface area contributed by atoms with E-state index < -0.39 is 0 Å². The first-order valence-corrected chi connectivity index (χ1v) is 6.82. The molecule has 22 heavy (non-hydrogen) atoms. The summed E-state index contributed by atoms with van der Waals surface area (Å²) >= 11 is 0. The first-order chi connectivity index (χ1) is 9.60. The zero-order chi connectivity index (χ0) is 14.5. The van der Waals surface area contributed by atoms with Crippen LogP contribution in [0.5, 0.6) is 0 Å². The van der Waals surface area contributed by atoms with E-state index in [0.717, 1.165) is 12.8 Å². The van der Waals surface area contributed by atoms with Crippen molar-refractivity contribution >= 4 is 48.1 Å². The van der Waals surface area contributed by atoms with E-state index in [2.05, 4.69) is 20.9 Å². The smallest absolute Gasteiger partial charge is 0.228 e. The van der Waals surface area contributed by atoms with Crippen LogP contribution < -0.4 is 16.0 Å². The molecule has 0 aliphatic heterocycles. The monoisotopic (exact) mass is 348 g/mol. The average molecular weight is 349 g/mol. The van der Waals surface area contributed by atoms with Gasteiger partial charge >= 0.3 is 0 Å². The number of nitrogens with one attached hydrogen (secondary N) is 3. The van der Waals surface area contributed by atoms with Crippen molar-refractivity contribution in [3.8, 4) is 0 Å². The number of hydrogen-bond donors (Lipinski definition) is 3. The maximum Gasteiger partial charge on any atom is 0.228 e. The molecule has 1 aliphatic rings. The second kappa shape index (κ2) is 9.61. The van der Waals surface area contributed by atoms with Crippen molar-refractivity contribution in [3.05, 3.63) is 18.3 Å². The van der Waals surface area contributed by atoms with Crippen LogP contribution in [0.1, 0.15) is 19.8 Å². The van der Waals surface area contributed by atoms with Gasteiger partial charge in [0, 0.05) is 18.4 Å². The van der Waals surface area contributed by atoms with Gasteiger partial charge in [-0.15, -0.1) is 24.8 Å². The van der Waals surface area contributed by atoms with Crippen molar-refractivity contribution < 1.29 is 9.59 Å². The van der Waals surface area contributed by atoms with Gasteiger partial charge in [-0.2, -0.15) is 0 Å². The molecule has 0 bridgehead atoms. The van der Waals surface area contributed by atoms with Gasteiger partial charge in [0.1, 0.15) is 5.82 Å². The number of carbonyl (C=O) groups is 2. The maximum atomic E-state index is 11.8. The third-order valence-corrected chi connectivity index (χ3v) is 3.19. The fourth-order valence-electron chi connectivity index (χ4n) is 1.78. The highest BCUT2D eigenvalue weighted by atomic mass is 35.5. The number of amides is 2. The fourth-order valence-corrected chi connectivity index (χ4v) is 1.78. The Hall–Kier alpha value is -1.37. The normalized spacial score (nSPS) is 14.1. The summed E-state index contributed by atoms with van der Waals surface area (Å²) in [6.45, 7) is 2.47. The second-order valence-electron chi connectivity index (χ2n) is 5.14. The number of carbonyl (C=O) groups excluding carboxylic acids is 2. The zero-order valence-corrected chi connectivity index (χ0v) is 14.2. The Bertz CT molecular complexity index is 492. The number of rotatable bonds is 6. The van der Waals surface area contributed by atoms with Crippen molar-refractivity contribution in [1.82, 2.24) is 10.3 Å². The Morgan fingerprint density at radius 2 is 1.95 bits per heavy atom. The van der Waals surface area contributed by atoms with E-state index in [9.17, 15) is 9.59 Å². The third kappa shape index (κ3) is 6.17. The van der Waals surface area contributed by atoms with E-state index in [4.69, 9.17) is 0 Å². The predicted octanol–water partition coefficient (Wildman–Crippen LogP) is 2.07. The molecule has 2 amide bonds. The van der Waals surface area contributed by atoms with Crippen LogP contribution in [-0.2, 0) is 9.59 Å². The second-order valence-corrected chi connectivity index (χ2v) is 5.14. The molecule has 3 N–H and O–H groups in total. The highest BCUT2D eigenvalue weighted by molar-refractivity contribution is 5.94. The van der Waals surface area contributed by atoms with Gasteiger partial charge in [0.15, 0.2) is 0 Å². The Morgan fingerprint density at radius 3 is 2.45 bits per heavy atom. The largest absolute Gasteiger partial charge is 0.324 e. The number of aromatic nitrogens is 1. The van der Waals surface area contributed by atoms with E-state index in [1.54, 1.807) is 18.3 Å². The van der Waals surface area contributed by atoms with Crippen molar-refractivity contribution in [1.29, 1.82) is 0 Å². The SMILES string of the molecule is CNCC(C)C(=O)Nc1ccc(NC(=O)C2CC2)nc1.Cl.Cl. The standard InChI is InChI=1S/C14H20N4O2.2ClH/c1-9(7-15-2)13(19)17-11-5-6-12(16-8-11)18-14(20)10-3-4-10;;/h5-6,8-10,15H,3-4,7H2,1-2H3,(H,17,19)(H,16,18,20);2*1H. The van der Waals surface area contributed by atoms with E-state index >= 15 is 0 Å². The average Bonchev–Trinajstić information content (AvgIpc) is 3.25. The molecule has 0 aromatic carbocycles. The van der Waals surface area contributed by atoms with Gasteiger partial charge in [-0.3, -0.25) is 9.59 Å². The van der Waals surface area contributed by atoms with Crippen molar-refractivity contribution in [2.24, 2.45) is 11.8 Å². The van der Waals surface area contributed by atoms with Gasteiger partial charge in [-0.25, -0.2) is 4.98 Å². The Morgan fingerprint density at radius 1 is 1.27 bits per heavy atom. The minimum Gasteiger partial charge on any atom is -0.324 e. The lowest BCUT2D eigenvalue weighted by molar-refractivity contribution is -0.119. The van der Waals surface area contributed by atoms with Crippen LogP contribution in [-0.4, -0.2) is 30.4 Å². The number of anilines is 2. The van der Waals surface area contributed by atoms with Gasteiger partial charge in [0.25, 0.3) is 0 Å². The number of hydrogen-bond acceptors (Lipinski definition) is 4. The number of nitrogens with zero attached hydrogens (tertiary/aromatic N) is 1. The summed E-state index contributed by atoms with van der Waals surface area (Å²) in [7, 11) is 1.81. The van der Waals surface area contributed by atoms with E-state index in [1.165, 1.54) is 0 Å². The van der Waals surface area contributed by atoms with Gasteiger partial charge in [-0.1, -0.05) is 6.92 Å². The quantitative estimate of drug-likeness (QED) is 0.734. The van der Waals surface area contributed by atoms with Gasteiger partial charge in [-0.05, 0) is 32.0 Å². The molecule has 1 aromatic rings. The molecule has 1 aromatic heterocycles. The molecule has 1 aliphatic carbocycles. The molecule has 0 spiro atoms. The molecule has 1 saturated carbocycles. The van der Waals surface area contributed by atoms with E-state index in [0.29, 0.717) is 18.1 Å². The summed E-state index contributed by atoms with van der Waals surface area (Å²) < 4.78 is 0. The minimum absolute atomic E-state index is 0. The molecule has 0 radical (unpaired) electrons. The number of halogens is 2. The molecule has 1 atom stereocenters. The Kier molecular flexibility index (Phi) is 9.01. The lowest BCUT2D eigenvalue weighted by Crippen LogP contribution is -2.28. The summed E-state index contributed by atoms with van der Waals surface area (Å²) in [6, 6.07) is 3.43. The Balaban J connectivity index is 0.00000220. The van der Waals surface area contributed by atoms with Crippen LogP contribution in [0.25, 0.3) is 0 Å². The molecular weight excluding hydrogens is 327 g/mol. The third-order valence-electron chi connectivity index (χ3n) is 3.19. The zero-order valence-electron chi connectivity index (χ0n) is 12.6. The van der Waals surface area contributed by atoms with E-state index in [1.807, 2.05) is 14.0 Å². The summed E-state index contributed by atoms with van der Waals surface area (Å²) in [5, 5.41) is 8.50. The van der Waals surface area contributed by atoms with Crippen LogP contribution >= 0.6 is 24.8 Å². The number of pyridine rings is 1. The first-order valence-electron chi connectivity index (χ1n) is 6.82. The molecule has 1 heterocycles. The molecule has 0 saturated heterocycles. The first kappa shape index (κ1) is 20.6. The van der Waals surface area contributed by atoms with Gasteiger partial charge < -0.3 is 16.0 Å². The van der Waals surface area contributed by atoms with Crippen LogP contribution in [0.2, 0.25) is 0 Å². The summed E-state index contributed by atoms with van der Waals surface area (Å²) in [4.78, 5) is 27.5. The van der Waals surface area contributed by atoms with E-state index in [-0.39, 0.29) is 48.5 Å². The summed E-state index contributed by atoms with van der Waals surface area (Å²) in [5.74, 6) is 0.517. The molecule has 8 heteroatoms. The molecule has 2 rings (SSSR count). The highest BCUT2D eigenvalue weighted by Crippen LogP contribution is 2.29. The molecule has 1 unspecified atom stereocenters. The van der Waals surface area contributed by atoms with Crippen molar-refractivity contribution in [2.45, 2.75) is 19.8 Å². The molecular formula is C14H22Cl2N4O2. The van der Waals surface area contributed by atoms with Crippen molar-refractivity contribution in [3.63, 3.8) is 0 Å². The van der Waals surface area contributed by atoms with Gasteiger partial charge in [0.2, 0.25) is 11.8 Å². The summed E-state index contributed by atoms with van der Waals surface area (Å²) in [5.41, 5.74) is 0.627. The van der Waals surface area contributed by atoms with Crippen LogP contribution in [0.4, 0.5) is 11.5 Å². The summed E-state index contributed by atoms with van der Waals surface area (Å²) in [6.07, 6.45) is 3.47. The molecule has 1 fully saturated rings. The lowest BCUT2D eigenvalue weighted by atomic mass is 10.1.